The Hall–Kier alpha value is -2.47. The van der Waals surface area contributed by atoms with Crippen molar-refractivity contribution in [3.05, 3.63) is 77.5 Å². The molecule has 2 rings (SSSR count). The maximum Gasteiger partial charge on any atom is 0.130 e. The molecule has 0 aliphatic rings. The van der Waals surface area contributed by atoms with Gasteiger partial charge in [0.25, 0.3) is 0 Å². The number of rotatable bonds is 9. The zero-order valence-corrected chi connectivity index (χ0v) is 14.9. The average Bonchev–Trinajstić information content (AvgIpc) is 3.11. The van der Waals surface area contributed by atoms with Gasteiger partial charge in [0.15, 0.2) is 0 Å². The Morgan fingerprint density at radius 3 is 2.65 bits per heavy atom. The summed E-state index contributed by atoms with van der Waals surface area (Å²) in [6.45, 7) is 5.37. The number of furan rings is 1. The fourth-order valence-electron chi connectivity index (χ4n) is 2.70. The van der Waals surface area contributed by atoms with Crippen molar-refractivity contribution in [2.24, 2.45) is 0 Å². The van der Waals surface area contributed by atoms with Crippen molar-refractivity contribution in [3.8, 4) is 0 Å². The van der Waals surface area contributed by atoms with Gasteiger partial charge in [-0.05, 0) is 61.3 Å². The first-order valence-corrected chi connectivity index (χ1v) is 8.51. The third-order valence-corrected chi connectivity index (χ3v) is 4.00. The molecule has 0 aliphatic heterocycles. The zero-order valence-electron chi connectivity index (χ0n) is 14.9. The second kappa shape index (κ2) is 9.87. The fourth-order valence-corrected chi connectivity index (χ4v) is 2.70. The first kappa shape index (κ1) is 19.8. The molecular formula is C21H25NO4. The number of aromatic nitrogens is 1. The zero-order chi connectivity index (χ0) is 18.9. The summed E-state index contributed by atoms with van der Waals surface area (Å²) in [6.07, 6.45) is 5.45. The van der Waals surface area contributed by atoms with E-state index in [2.05, 4.69) is 11.6 Å². The SMILES string of the molecule is C=C(C)/C(=C/CO)C(O)CC/C(=C/c1ccc(CO)o1)c1ccccn1. The molecule has 0 bridgehead atoms. The molecule has 1 atom stereocenters. The minimum absolute atomic E-state index is 0.140. The van der Waals surface area contributed by atoms with Crippen LogP contribution in [0.4, 0.5) is 0 Å². The average molecular weight is 355 g/mol. The summed E-state index contributed by atoms with van der Waals surface area (Å²) in [5, 5.41) is 28.7. The first-order valence-electron chi connectivity index (χ1n) is 8.51. The van der Waals surface area contributed by atoms with Crippen LogP contribution >= 0.6 is 0 Å². The predicted molar refractivity (Wildman–Crippen MR) is 102 cm³/mol. The van der Waals surface area contributed by atoms with Gasteiger partial charge in [0, 0.05) is 6.20 Å². The molecule has 26 heavy (non-hydrogen) atoms. The topological polar surface area (TPSA) is 86.7 Å². The van der Waals surface area contributed by atoms with E-state index in [0.29, 0.717) is 29.9 Å². The lowest BCUT2D eigenvalue weighted by Crippen LogP contribution is -2.12. The van der Waals surface area contributed by atoms with Gasteiger partial charge in [0.05, 0.1) is 18.4 Å². The Kier molecular flexibility index (Phi) is 7.53. The van der Waals surface area contributed by atoms with Gasteiger partial charge < -0.3 is 19.7 Å². The van der Waals surface area contributed by atoms with Crippen molar-refractivity contribution in [2.75, 3.05) is 6.61 Å². The maximum atomic E-state index is 10.5. The van der Waals surface area contributed by atoms with E-state index in [1.807, 2.05) is 24.3 Å². The van der Waals surface area contributed by atoms with Gasteiger partial charge in [-0.15, -0.1) is 0 Å². The highest BCUT2D eigenvalue weighted by atomic mass is 16.4. The molecule has 0 spiro atoms. The molecule has 0 saturated heterocycles. The molecule has 2 heterocycles. The smallest absolute Gasteiger partial charge is 0.130 e. The van der Waals surface area contributed by atoms with Crippen LogP contribution in [0.1, 0.15) is 37.0 Å². The minimum atomic E-state index is -0.726. The number of aliphatic hydroxyl groups is 3. The van der Waals surface area contributed by atoms with Crippen molar-refractivity contribution >= 4 is 11.6 Å². The number of aliphatic hydroxyl groups excluding tert-OH is 3. The number of pyridine rings is 1. The third kappa shape index (κ3) is 5.52. The van der Waals surface area contributed by atoms with E-state index in [4.69, 9.17) is 14.6 Å². The van der Waals surface area contributed by atoms with E-state index in [0.717, 1.165) is 16.8 Å². The van der Waals surface area contributed by atoms with Crippen LogP contribution in [0.5, 0.6) is 0 Å². The van der Waals surface area contributed by atoms with Crippen LogP contribution in [0.3, 0.4) is 0 Å². The standard InChI is InChI=1S/C21H25NO4/c1-15(2)19(10-12-23)21(25)9-6-16(20-5-3-4-11-22-20)13-17-7-8-18(14-24)26-17/h3-5,7-8,10-11,13,21,23-25H,1,6,9,12,14H2,2H3/b16-13-,19-10-. The van der Waals surface area contributed by atoms with Crippen LogP contribution in [-0.2, 0) is 6.61 Å². The Morgan fingerprint density at radius 1 is 1.27 bits per heavy atom. The Morgan fingerprint density at radius 2 is 2.08 bits per heavy atom. The van der Waals surface area contributed by atoms with Gasteiger partial charge >= 0.3 is 0 Å². The van der Waals surface area contributed by atoms with Gasteiger partial charge in [-0.2, -0.15) is 0 Å². The summed E-state index contributed by atoms with van der Waals surface area (Å²) in [7, 11) is 0. The van der Waals surface area contributed by atoms with Gasteiger partial charge in [-0.25, -0.2) is 0 Å². The molecule has 5 nitrogen and oxygen atoms in total. The highest BCUT2D eigenvalue weighted by molar-refractivity contribution is 5.78. The highest BCUT2D eigenvalue weighted by Gasteiger charge is 2.14. The Labute approximate surface area is 153 Å². The summed E-state index contributed by atoms with van der Waals surface area (Å²) in [5.74, 6) is 1.11. The number of hydrogen-bond donors (Lipinski definition) is 3. The normalized spacial score (nSPS) is 13.7. The number of nitrogens with zero attached hydrogens (tertiary/aromatic N) is 1. The Bertz CT molecular complexity index is 774. The fraction of sp³-hybridized carbons (Fsp3) is 0.286. The quantitative estimate of drug-likeness (QED) is 0.601. The van der Waals surface area contributed by atoms with E-state index in [9.17, 15) is 5.11 Å². The van der Waals surface area contributed by atoms with Crippen molar-refractivity contribution < 1.29 is 19.7 Å². The van der Waals surface area contributed by atoms with Gasteiger partial charge in [-0.1, -0.05) is 24.3 Å². The molecule has 138 valence electrons. The van der Waals surface area contributed by atoms with Crippen LogP contribution in [-0.4, -0.2) is 33.0 Å². The van der Waals surface area contributed by atoms with Crippen molar-refractivity contribution in [1.29, 1.82) is 0 Å². The Balaban J connectivity index is 2.22. The summed E-state index contributed by atoms with van der Waals surface area (Å²) in [6, 6.07) is 9.15. The molecular weight excluding hydrogens is 330 g/mol. The predicted octanol–water partition coefficient (Wildman–Crippen LogP) is 3.34. The lowest BCUT2D eigenvalue weighted by molar-refractivity contribution is 0.203. The second-order valence-electron chi connectivity index (χ2n) is 6.02. The maximum absolute atomic E-state index is 10.5. The molecule has 0 aliphatic carbocycles. The molecule has 0 fully saturated rings. The van der Waals surface area contributed by atoms with Gasteiger partial charge in [0.2, 0.25) is 0 Å². The van der Waals surface area contributed by atoms with E-state index in [-0.39, 0.29) is 13.2 Å². The van der Waals surface area contributed by atoms with Crippen LogP contribution in [0.25, 0.3) is 11.6 Å². The van der Waals surface area contributed by atoms with E-state index >= 15 is 0 Å². The lowest BCUT2D eigenvalue weighted by atomic mass is 9.95. The van der Waals surface area contributed by atoms with Crippen LogP contribution in [0.2, 0.25) is 0 Å². The molecule has 0 aromatic carbocycles. The molecule has 2 aromatic heterocycles. The van der Waals surface area contributed by atoms with Gasteiger partial charge in [0.1, 0.15) is 18.1 Å². The van der Waals surface area contributed by atoms with E-state index < -0.39 is 6.10 Å². The molecule has 2 aromatic rings. The first-order chi connectivity index (χ1) is 12.5. The lowest BCUT2D eigenvalue weighted by Gasteiger charge is -2.16. The van der Waals surface area contributed by atoms with Gasteiger partial charge in [-0.3, -0.25) is 4.98 Å². The summed E-state index contributed by atoms with van der Waals surface area (Å²) < 4.78 is 5.54. The van der Waals surface area contributed by atoms with Crippen molar-refractivity contribution in [2.45, 2.75) is 32.5 Å². The van der Waals surface area contributed by atoms with Crippen LogP contribution in [0, 0.1) is 0 Å². The summed E-state index contributed by atoms with van der Waals surface area (Å²) in [4.78, 5) is 4.38. The summed E-state index contributed by atoms with van der Waals surface area (Å²) >= 11 is 0. The monoisotopic (exact) mass is 355 g/mol. The molecule has 0 saturated carbocycles. The molecule has 3 N–H and O–H groups in total. The van der Waals surface area contributed by atoms with E-state index in [1.165, 1.54) is 0 Å². The molecule has 0 amide bonds. The number of hydrogen-bond acceptors (Lipinski definition) is 5. The third-order valence-electron chi connectivity index (χ3n) is 4.00. The van der Waals surface area contributed by atoms with Crippen LogP contribution < -0.4 is 0 Å². The minimum Gasteiger partial charge on any atom is -0.459 e. The molecule has 5 heteroatoms. The van der Waals surface area contributed by atoms with Crippen LogP contribution in [0.15, 0.2) is 64.7 Å². The number of allylic oxidation sites excluding steroid dienone is 1. The largest absolute Gasteiger partial charge is 0.459 e. The molecule has 1 unspecified atom stereocenters. The van der Waals surface area contributed by atoms with Crippen molar-refractivity contribution in [1.82, 2.24) is 4.98 Å². The highest BCUT2D eigenvalue weighted by Crippen LogP contribution is 2.26. The molecule has 0 radical (unpaired) electrons. The van der Waals surface area contributed by atoms with Crippen molar-refractivity contribution in [3.63, 3.8) is 0 Å². The summed E-state index contributed by atoms with van der Waals surface area (Å²) in [5.41, 5.74) is 3.08. The second-order valence-corrected chi connectivity index (χ2v) is 6.02. The van der Waals surface area contributed by atoms with E-state index in [1.54, 1.807) is 31.3 Å².